The number of oxazole rings is 1. The number of fused-ring (bicyclic) bond motifs is 1. The number of halogens is 1. The molecule has 4 nitrogen and oxygen atoms in total. The molecule has 0 saturated carbocycles. The Bertz CT molecular complexity index is 713. The molecule has 1 N–H and O–H groups in total. The Hall–Kier alpha value is -1.40. The third-order valence-corrected chi connectivity index (χ3v) is 3.74. The Morgan fingerprint density at radius 1 is 1.44 bits per heavy atom. The monoisotopic (exact) mass is 296 g/mol. The van der Waals surface area contributed by atoms with Crippen LogP contribution in [0.4, 0.5) is 0 Å². The molecule has 0 aliphatic heterocycles. The first kappa shape index (κ1) is 9.80. The fraction of sp³-hybridized carbons (Fsp3) is 0. The number of hydrogen-bond acceptors (Lipinski definition) is 4. The maximum Gasteiger partial charge on any atom is 0.417 e. The van der Waals surface area contributed by atoms with E-state index in [1.807, 2.05) is 17.5 Å². The van der Waals surface area contributed by atoms with E-state index in [0.29, 0.717) is 11.1 Å². The second-order valence-electron chi connectivity index (χ2n) is 3.20. The summed E-state index contributed by atoms with van der Waals surface area (Å²) in [6, 6.07) is 5.49. The first-order valence-electron chi connectivity index (χ1n) is 4.47. The van der Waals surface area contributed by atoms with Crippen LogP contribution in [0.15, 0.2) is 37.4 Å². The summed E-state index contributed by atoms with van der Waals surface area (Å²) in [5.74, 6) is -0.438. The molecule has 80 valence electrons. The zero-order chi connectivity index (χ0) is 11.1. The summed E-state index contributed by atoms with van der Waals surface area (Å²) in [7, 11) is 0. The number of aromatic amines is 1. The van der Waals surface area contributed by atoms with Gasteiger partial charge in [-0.15, -0.1) is 11.3 Å². The van der Waals surface area contributed by atoms with Crippen molar-refractivity contribution >= 4 is 38.4 Å². The van der Waals surface area contributed by atoms with Gasteiger partial charge in [-0.3, -0.25) is 4.98 Å². The summed E-state index contributed by atoms with van der Waals surface area (Å²) >= 11 is 4.84. The predicted octanol–water partition coefficient (Wildman–Crippen LogP) is 3.01. The van der Waals surface area contributed by atoms with Crippen molar-refractivity contribution in [3.8, 4) is 10.6 Å². The Kier molecular flexibility index (Phi) is 2.19. The smallest absolute Gasteiger partial charge is 0.408 e. The summed E-state index contributed by atoms with van der Waals surface area (Å²) in [6.45, 7) is 0. The zero-order valence-electron chi connectivity index (χ0n) is 7.86. The third-order valence-electron chi connectivity index (χ3n) is 2.14. The van der Waals surface area contributed by atoms with Crippen LogP contribution in [0.5, 0.6) is 0 Å². The van der Waals surface area contributed by atoms with Gasteiger partial charge in [0.2, 0.25) is 0 Å². The molecule has 16 heavy (non-hydrogen) atoms. The van der Waals surface area contributed by atoms with E-state index in [9.17, 15) is 4.79 Å². The quantitative estimate of drug-likeness (QED) is 0.751. The van der Waals surface area contributed by atoms with Gasteiger partial charge in [0.25, 0.3) is 0 Å². The number of hydrogen-bond donors (Lipinski definition) is 1. The normalized spacial score (nSPS) is 11.1. The molecule has 0 bridgehead atoms. The molecule has 0 atom stereocenters. The molecular weight excluding hydrogens is 292 g/mol. The molecule has 2 aromatic heterocycles. The lowest BCUT2D eigenvalue weighted by Crippen LogP contribution is -1.92. The molecule has 0 aliphatic carbocycles. The lowest BCUT2D eigenvalue weighted by Gasteiger charge is -1.94. The molecule has 3 aromatic rings. The van der Waals surface area contributed by atoms with Gasteiger partial charge in [-0.25, -0.2) is 9.78 Å². The van der Waals surface area contributed by atoms with Crippen LogP contribution in [0.3, 0.4) is 0 Å². The summed E-state index contributed by atoms with van der Waals surface area (Å²) in [5.41, 5.74) is 2.21. The molecule has 3 rings (SSSR count). The molecule has 6 heteroatoms. The van der Waals surface area contributed by atoms with Gasteiger partial charge in [-0.05, 0) is 34.1 Å². The van der Waals surface area contributed by atoms with E-state index >= 15 is 0 Å². The van der Waals surface area contributed by atoms with Crippen LogP contribution in [0.1, 0.15) is 0 Å². The highest BCUT2D eigenvalue weighted by molar-refractivity contribution is 9.10. The number of aromatic nitrogens is 2. The average molecular weight is 297 g/mol. The first-order valence-corrected chi connectivity index (χ1v) is 6.14. The van der Waals surface area contributed by atoms with E-state index < -0.39 is 5.76 Å². The molecule has 0 saturated heterocycles. The lowest BCUT2D eigenvalue weighted by atomic mass is 10.2. The maximum absolute atomic E-state index is 11.0. The van der Waals surface area contributed by atoms with Crippen molar-refractivity contribution in [1.29, 1.82) is 0 Å². The molecule has 0 aliphatic rings. The van der Waals surface area contributed by atoms with Crippen LogP contribution in [-0.2, 0) is 0 Å². The second-order valence-corrected chi connectivity index (χ2v) is 4.87. The number of nitrogens with zero attached hydrogens (tertiary/aromatic N) is 1. The van der Waals surface area contributed by atoms with E-state index in [1.165, 1.54) is 11.3 Å². The Balaban J connectivity index is 2.21. The minimum absolute atomic E-state index is 0.438. The van der Waals surface area contributed by atoms with E-state index in [0.717, 1.165) is 15.2 Å². The molecule has 0 spiro atoms. The Morgan fingerprint density at radius 3 is 3.06 bits per heavy atom. The lowest BCUT2D eigenvalue weighted by molar-refractivity contribution is 0.555. The SMILES string of the molecule is O=c1[nH]c2cc(-c3nc(Br)cs3)ccc2o1. The van der Waals surface area contributed by atoms with Crippen molar-refractivity contribution in [2.24, 2.45) is 0 Å². The van der Waals surface area contributed by atoms with Gasteiger partial charge in [0.05, 0.1) is 5.52 Å². The van der Waals surface area contributed by atoms with Crippen molar-refractivity contribution in [3.05, 3.63) is 38.7 Å². The van der Waals surface area contributed by atoms with Crippen LogP contribution in [0.25, 0.3) is 21.7 Å². The van der Waals surface area contributed by atoms with Gasteiger partial charge in [-0.2, -0.15) is 0 Å². The van der Waals surface area contributed by atoms with E-state index in [-0.39, 0.29) is 0 Å². The molecule has 0 amide bonds. The predicted molar refractivity (Wildman–Crippen MR) is 65.6 cm³/mol. The average Bonchev–Trinajstić information content (AvgIpc) is 2.81. The number of rotatable bonds is 1. The van der Waals surface area contributed by atoms with Gasteiger partial charge in [0.15, 0.2) is 5.58 Å². The largest absolute Gasteiger partial charge is 0.417 e. The van der Waals surface area contributed by atoms with Crippen molar-refractivity contribution in [1.82, 2.24) is 9.97 Å². The molecule has 0 fully saturated rings. The highest BCUT2D eigenvalue weighted by atomic mass is 79.9. The van der Waals surface area contributed by atoms with Crippen LogP contribution in [0, 0.1) is 0 Å². The molecule has 1 aromatic carbocycles. The summed E-state index contributed by atoms with van der Waals surface area (Å²) < 4.78 is 5.74. The van der Waals surface area contributed by atoms with Crippen LogP contribution >= 0.6 is 27.3 Å². The van der Waals surface area contributed by atoms with Crippen LogP contribution in [-0.4, -0.2) is 9.97 Å². The standard InChI is InChI=1S/C10H5BrN2O2S/c11-8-4-16-9(13-8)5-1-2-7-6(3-5)12-10(14)15-7/h1-4H,(H,12,14). The maximum atomic E-state index is 11.0. The van der Waals surface area contributed by atoms with Crippen LogP contribution in [0.2, 0.25) is 0 Å². The summed E-state index contributed by atoms with van der Waals surface area (Å²) in [5, 5.41) is 2.81. The van der Waals surface area contributed by atoms with E-state index in [4.69, 9.17) is 4.42 Å². The first-order chi connectivity index (χ1) is 7.72. The van der Waals surface area contributed by atoms with Gasteiger partial charge in [0.1, 0.15) is 9.61 Å². The number of benzene rings is 1. The molecule has 0 radical (unpaired) electrons. The van der Waals surface area contributed by atoms with Crippen molar-refractivity contribution in [3.63, 3.8) is 0 Å². The van der Waals surface area contributed by atoms with Crippen molar-refractivity contribution in [2.75, 3.05) is 0 Å². The van der Waals surface area contributed by atoms with Gasteiger partial charge in [0, 0.05) is 10.9 Å². The zero-order valence-corrected chi connectivity index (χ0v) is 10.3. The highest BCUT2D eigenvalue weighted by Crippen LogP contribution is 2.27. The van der Waals surface area contributed by atoms with Crippen molar-refractivity contribution in [2.45, 2.75) is 0 Å². The number of thiazole rings is 1. The number of nitrogens with one attached hydrogen (secondary N) is 1. The minimum atomic E-state index is -0.438. The van der Waals surface area contributed by atoms with E-state index in [1.54, 1.807) is 6.07 Å². The van der Waals surface area contributed by atoms with Crippen LogP contribution < -0.4 is 5.76 Å². The Morgan fingerprint density at radius 2 is 2.31 bits per heavy atom. The molecule has 0 unspecified atom stereocenters. The fourth-order valence-electron chi connectivity index (χ4n) is 1.47. The Labute approximate surface area is 102 Å². The molecule has 2 heterocycles. The van der Waals surface area contributed by atoms with Gasteiger partial charge < -0.3 is 4.42 Å². The van der Waals surface area contributed by atoms with E-state index in [2.05, 4.69) is 25.9 Å². The van der Waals surface area contributed by atoms with Gasteiger partial charge in [-0.1, -0.05) is 0 Å². The second kappa shape index (κ2) is 3.57. The number of H-pyrrole nitrogens is 1. The molecular formula is C10H5BrN2O2S. The fourth-order valence-corrected chi connectivity index (χ4v) is 2.72. The summed E-state index contributed by atoms with van der Waals surface area (Å²) in [4.78, 5) is 17.9. The third kappa shape index (κ3) is 1.60. The minimum Gasteiger partial charge on any atom is -0.408 e. The summed E-state index contributed by atoms with van der Waals surface area (Å²) in [6.07, 6.45) is 0. The topological polar surface area (TPSA) is 58.9 Å². The van der Waals surface area contributed by atoms with Crippen molar-refractivity contribution < 1.29 is 4.42 Å². The highest BCUT2D eigenvalue weighted by Gasteiger charge is 2.06. The van der Waals surface area contributed by atoms with Gasteiger partial charge >= 0.3 is 5.76 Å².